The van der Waals surface area contributed by atoms with Crippen molar-refractivity contribution in [1.29, 1.82) is 0 Å². The van der Waals surface area contributed by atoms with E-state index in [1.807, 2.05) is 0 Å². The maximum atomic E-state index is 9.92. The summed E-state index contributed by atoms with van der Waals surface area (Å²) in [7, 11) is 0. The van der Waals surface area contributed by atoms with Gasteiger partial charge in [-0.2, -0.15) is 0 Å². The molecule has 0 spiro atoms. The van der Waals surface area contributed by atoms with Crippen molar-refractivity contribution < 1.29 is 14.3 Å². The SMILES string of the molecule is O=C1C=CC(=O)O1.[NH4+]. The summed E-state index contributed by atoms with van der Waals surface area (Å²) in [5.74, 6) is -1.16. The Morgan fingerprint density at radius 1 is 1.12 bits per heavy atom. The van der Waals surface area contributed by atoms with Crippen LogP contribution in [0.5, 0.6) is 0 Å². The van der Waals surface area contributed by atoms with Gasteiger partial charge in [-0.05, 0) is 0 Å². The van der Waals surface area contributed by atoms with Gasteiger partial charge in [-0.15, -0.1) is 0 Å². The Bertz CT molecular complexity index is 133. The van der Waals surface area contributed by atoms with Gasteiger partial charge in [0.15, 0.2) is 0 Å². The van der Waals surface area contributed by atoms with Crippen molar-refractivity contribution in [2.75, 3.05) is 0 Å². The quantitative estimate of drug-likeness (QED) is 0.357. The fraction of sp³-hybridized carbons (Fsp3) is 0. The molecule has 4 heteroatoms. The average Bonchev–Trinajstić information content (AvgIpc) is 1.87. The molecule has 0 aromatic rings. The largest absolute Gasteiger partial charge is 0.387 e. The summed E-state index contributed by atoms with van der Waals surface area (Å²) in [4.78, 5) is 19.8. The Hall–Kier alpha value is -1.16. The van der Waals surface area contributed by atoms with E-state index in [1.54, 1.807) is 0 Å². The standard InChI is InChI=1S/C4H2O3.H3N/c5-3-1-2-4(6)7-3;/h1-2H;1H3/p+1. The molecule has 8 heavy (non-hydrogen) atoms. The van der Waals surface area contributed by atoms with E-state index in [2.05, 4.69) is 4.74 Å². The van der Waals surface area contributed by atoms with Crippen molar-refractivity contribution in [3.63, 3.8) is 0 Å². The zero-order valence-corrected chi connectivity index (χ0v) is 4.38. The van der Waals surface area contributed by atoms with Gasteiger partial charge in [0, 0.05) is 12.2 Å². The molecule has 0 aromatic heterocycles. The van der Waals surface area contributed by atoms with E-state index in [1.165, 1.54) is 0 Å². The van der Waals surface area contributed by atoms with Crippen LogP contribution < -0.4 is 6.15 Å². The van der Waals surface area contributed by atoms with E-state index < -0.39 is 11.9 Å². The molecule has 0 radical (unpaired) electrons. The van der Waals surface area contributed by atoms with Crippen molar-refractivity contribution in [3.8, 4) is 0 Å². The van der Waals surface area contributed by atoms with E-state index in [4.69, 9.17) is 0 Å². The number of ether oxygens (including phenoxy) is 1. The van der Waals surface area contributed by atoms with Crippen molar-refractivity contribution >= 4 is 11.9 Å². The van der Waals surface area contributed by atoms with E-state index in [-0.39, 0.29) is 6.15 Å². The number of quaternary nitrogens is 1. The zero-order valence-electron chi connectivity index (χ0n) is 4.38. The molecule has 1 aliphatic rings. The van der Waals surface area contributed by atoms with E-state index in [0.717, 1.165) is 12.2 Å². The minimum atomic E-state index is -0.579. The zero-order chi connectivity index (χ0) is 5.28. The number of carbonyl (C=O) groups excluding carboxylic acids is 2. The molecule has 4 nitrogen and oxygen atoms in total. The van der Waals surface area contributed by atoms with Crippen LogP contribution in [0.3, 0.4) is 0 Å². The second-order valence-electron chi connectivity index (χ2n) is 1.07. The fourth-order valence-electron chi connectivity index (χ4n) is 0.303. The van der Waals surface area contributed by atoms with Gasteiger partial charge in [0.05, 0.1) is 0 Å². The summed E-state index contributed by atoms with van der Waals surface area (Å²) >= 11 is 0. The van der Waals surface area contributed by atoms with E-state index in [9.17, 15) is 9.59 Å². The third-order valence-electron chi connectivity index (χ3n) is 0.557. The lowest BCUT2D eigenvalue weighted by molar-refractivity contribution is -0.150. The molecule has 0 unspecified atom stereocenters. The third-order valence-corrected chi connectivity index (χ3v) is 0.557. The Balaban J connectivity index is 0.000000490. The molecule has 44 valence electrons. The number of cyclic esters (lactones) is 2. The Kier molecular flexibility index (Phi) is 1.90. The number of hydrogen-bond acceptors (Lipinski definition) is 3. The van der Waals surface area contributed by atoms with E-state index in [0.29, 0.717) is 0 Å². The minimum absolute atomic E-state index is 0. The summed E-state index contributed by atoms with van der Waals surface area (Å²) < 4.78 is 3.97. The van der Waals surface area contributed by atoms with Crippen molar-refractivity contribution in [3.05, 3.63) is 12.2 Å². The first kappa shape index (κ1) is 6.84. The highest BCUT2D eigenvalue weighted by Crippen LogP contribution is 1.92. The molecule has 0 saturated carbocycles. The van der Waals surface area contributed by atoms with Crippen molar-refractivity contribution in [2.24, 2.45) is 0 Å². The number of hydrogen-bond donors (Lipinski definition) is 1. The highest BCUT2D eigenvalue weighted by Gasteiger charge is 2.10. The van der Waals surface area contributed by atoms with Crippen LogP contribution in [0.2, 0.25) is 0 Å². The molecule has 0 bridgehead atoms. The lowest BCUT2D eigenvalue weighted by atomic mass is 10.6. The van der Waals surface area contributed by atoms with Crippen LogP contribution in [0, 0.1) is 0 Å². The highest BCUT2D eigenvalue weighted by atomic mass is 16.6. The van der Waals surface area contributed by atoms with Crippen molar-refractivity contribution in [2.45, 2.75) is 0 Å². The summed E-state index contributed by atoms with van der Waals surface area (Å²) in [6, 6.07) is 0. The molecule has 0 aliphatic carbocycles. The highest BCUT2D eigenvalue weighted by molar-refractivity contribution is 6.04. The van der Waals surface area contributed by atoms with Gasteiger partial charge in [-0.1, -0.05) is 0 Å². The predicted octanol–water partition coefficient (Wildman–Crippen LogP) is 0.00220. The number of carbonyl (C=O) groups is 2. The molecule has 0 fully saturated rings. The van der Waals surface area contributed by atoms with Crippen LogP contribution >= 0.6 is 0 Å². The lowest BCUT2D eigenvalue weighted by Crippen LogP contribution is -1.96. The maximum Gasteiger partial charge on any atom is 0.338 e. The predicted molar refractivity (Wildman–Crippen MR) is 26.2 cm³/mol. The number of rotatable bonds is 0. The van der Waals surface area contributed by atoms with Crippen LogP contribution in [0.1, 0.15) is 0 Å². The van der Waals surface area contributed by atoms with Gasteiger partial charge >= 0.3 is 11.9 Å². The molecule has 4 N–H and O–H groups in total. The van der Waals surface area contributed by atoms with Crippen LogP contribution in [0.15, 0.2) is 12.2 Å². The maximum absolute atomic E-state index is 9.92. The average molecular weight is 116 g/mol. The van der Waals surface area contributed by atoms with E-state index >= 15 is 0 Å². The van der Waals surface area contributed by atoms with Crippen LogP contribution in [-0.2, 0) is 14.3 Å². The van der Waals surface area contributed by atoms with Crippen molar-refractivity contribution in [1.82, 2.24) is 6.15 Å². The molecule has 0 saturated heterocycles. The minimum Gasteiger partial charge on any atom is -0.387 e. The monoisotopic (exact) mass is 116 g/mol. The summed E-state index contributed by atoms with van der Waals surface area (Å²) in [6.45, 7) is 0. The van der Waals surface area contributed by atoms with Gasteiger partial charge in [-0.25, -0.2) is 9.59 Å². The molecule has 1 rings (SSSR count). The Labute approximate surface area is 45.7 Å². The van der Waals surface area contributed by atoms with Gasteiger partial charge in [-0.3, -0.25) is 0 Å². The lowest BCUT2D eigenvalue weighted by Gasteiger charge is -1.80. The first-order valence-corrected chi connectivity index (χ1v) is 1.73. The third kappa shape index (κ3) is 1.16. The molecule has 0 aromatic carbocycles. The van der Waals surface area contributed by atoms with Crippen LogP contribution in [0.4, 0.5) is 0 Å². The Morgan fingerprint density at radius 2 is 1.50 bits per heavy atom. The fourth-order valence-corrected chi connectivity index (χ4v) is 0.303. The van der Waals surface area contributed by atoms with Gasteiger partial charge in [0.2, 0.25) is 0 Å². The first-order valence-electron chi connectivity index (χ1n) is 1.73. The summed E-state index contributed by atoms with van der Waals surface area (Å²) in [6.07, 6.45) is 2.17. The number of esters is 2. The van der Waals surface area contributed by atoms with Crippen LogP contribution in [-0.4, -0.2) is 11.9 Å². The molecular weight excluding hydrogens is 110 g/mol. The van der Waals surface area contributed by atoms with Gasteiger partial charge < -0.3 is 10.9 Å². The summed E-state index contributed by atoms with van der Waals surface area (Å²) in [5, 5.41) is 0. The normalized spacial score (nSPS) is 15.5. The van der Waals surface area contributed by atoms with Crippen LogP contribution in [0.25, 0.3) is 0 Å². The smallest absolute Gasteiger partial charge is 0.338 e. The second kappa shape index (κ2) is 2.23. The summed E-state index contributed by atoms with van der Waals surface area (Å²) in [5.41, 5.74) is 0. The topological polar surface area (TPSA) is 79.9 Å². The molecule has 1 heterocycles. The first-order chi connectivity index (χ1) is 3.29. The molecule has 0 atom stereocenters. The Morgan fingerprint density at radius 3 is 1.62 bits per heavy atom. The molecule has 0 amide bonds. The van der Waals surface area contributed by atoms with Gasteiger partial charge in [0.25, 0.3) is 0 Å². The van der Waals surface area contributed by atoms with Gasteiger partial charge in [0.1, 0.15) is 0 Å². The molecular formula is C4H6NO3+. The molecule has 1 aliphatic heterocycles. The second-order valence-corrected chi connectivity index (χ2v) is 1.07.